The van der Waals surface area contributed by atoms with Crippen molar-refractivity contribution in [2.75, 3.05) is 13.7 Å². The minimum atomic E-state index is -0.317. The topological polar surface area (TPSA) is 64.3 Å². The second-order valence-electron chi connectivity index (χ2n) is 6.67. The molecule has 1 aliphatic carbocycles. The highest BCUT2D eigenvalue weighted by Gasteiger charge is 2.27. The molecule has 1 saturated carbocycles. The van der Waals surface area contributed by atoms with Gasteiger partial charge < -0.3 is 15.8 Å². The summed E-state index contributed by atoms with van der Waals surface area (Å²) in [6.45, 7) is 0.635. The van der Waals surface area contributed by atoms with Crippen LogP contribution in [0, 0.1) is 11.7 Å². The monoisotopic (exact) mass is 364 g/mol. The lowest BCUT2D eigenvalue weighted by molar-refractivity contribution is 0.0915. The number of methoxy groups -OCH3 is 1. The summed E-state index contributed by atoms with van der Waals surface area (Å²) in [5.41, 5.74) is 6.55. The third-order valence-corrected chi connectivity index (χ3v) is 6.24. The predicted molar refractivity (Wildman–Crippen MR) is 99.4 cm³/mol. The normalized spacial score (nSPS) is 16.9. The predicted octanol–water partition coefficient (Wildman–Crippen LogP) is 3.82. The number of fused-ring (bicyclic) bond motifs is 1. The van der Waals surface area contributed by atoms with Gasteiger partial charge in [-0.15, -0.1) is 11.3 Å². The molecule has 2 aromatic rings. The van der Waals surface area contributed by atoms with E-state index in [1.807, 2.05) is 6.07 Å². The van der Waals surface area contributed by atoms with Crippen molar-refractivity contribution in [2.24, 2.45) is 11.7 Å². The van der Waals surface area contributed by atoms with Gasteiger partial charge in [0.1, 0.15) is 5.82 Å². The number of thiophene rings is 1. The van der Waals surface area contributed by atoms with Gasteiger partial charge in [-0.05, 0) is 30.9 Å². The number of carbonyl (C=O) groups excluding carboxylic acids is 1. The van der Waals surface area contributed by atoms with Gasteiger partial charge in [-0.2, -0.15) is 0 Å². The molecule has 1 fully saturated rings. The van der Waals surface area contributed by atoms with Crippen LogP contribution in [0.5, 0.6) is 0 Å². The number of carbonyl (C=O) groups is 1. The van der Waals surface area contributed by atoms with Crippen molar-refractivity contribution in [2.45, 2.75) is 44.8 Å². The highest BCUT2D eigenvalue weighted by atomic mass is 32.1. The molecular formula is C19H25FN2O2S. The van der Waals surface area contributed by atoms with Crippen LogP contribution in [0.3, 0.4) is 0 Å². The lowest BCUT2D eigenvalue weighted by atomic mass is 9.84. The summed E-state index contributed by atoms with van der Waals surface area (Å²) in [6.07, 6.45) is 5.86. The summed E-state index contributed by atoms with van der Waals surface area (Å²) in [6, 6.07) is 4.89. The molecule has 3 N–H and O–H groups in total. The van der Waals surface area contributed by atoms with E-state index < -0.39 is 0 Å². The first-order chi connectivity index (χ1) is 12.2. The van der Waals surface area contributed by atoms with E-state index in [-0.39, 0.29) is 24.4 Å². The molecule has 1 unspecified atom stereocenters. The van der Waals surface area contributed by atoms with Crippen LogP contribution in [0.4, 0.5) is 4.39 Å². The minimum Gasteiger partial charge on any atom is -0.380 e. The highest BCUT2D eigenvalue weighted by molar-refractivity contribution is 7.21. The lowest BCUT2D eigenvalue weighted by Crippen LogP contribution is -2.45. The quantitative estimate of drug-likeness (QED) is 0.819. The van der Waals surface area contributed by atoms with Crippen molar-refractivity contribution in [3.05, 3.63) is 34.5 Å². The Morgan fingerprint density at radius 1 is 1.40 bits per heavy atom. The van der Waals surface area contributed by atoms with Crippen LogP contribution in [0.15, 0.2) is 18.2 Å². The minimum absolute atomic E-state index is 0.0294. The summed E-state index contributed by atoms with van der Waals surface area (Å²) >= 11 is 1.31. The zero-order chi connectivity index (χ0) is 17.8. The zero-order valence-corrected chi connectivity index (χ0v) is 15.3. The molecule has 1 atom stereocenters. The first-order valence-corrected chi connectivity index (χ1v) is 9.67. The van der Waals surface area contributed by atoms with Crippen LogP contribution in [0.1, 0.15) is 47.3 Å². The van der Waals surface area contributed by atoms with E-state index in [1.54, 1.807) is 13.2 Å². The van der Waals surface area contributed by atoms with Gasteiger partial charge in [-0.1, -0.05) is 25.3 Å². The van der Waals surface area contributed by atoms with Gasteiger partial charge >= 0.3 is 0 Å². The van der Waals surface area contributed by atoms with Crippen LogP contribution in [-0.4, -0.2) is 25.6 Å². The molecule has 0 radical (unpaired) electrons. The molecule has 25 heavy (non-hydrogen) atoms. The highest BCUT2D eigenvalue weighted by Crippen LogP contribution is 2.34. The Morgan fingerprint density at radius 2 is 2.16 bits per heavy atom. The number of halogens is 1. The number of hydrogen-bond acceptors (Lipinski definition) is 4. The van der Waals surface area contributed by atoms with Crippen molar-refractivity contribution >= 4 is 27.3 Å². The number of nitrogens with one attached hydrogen (secondary N) is 1. The number of benzene rings is 1. The number of hydrogen-bond donors (Lipinski definition) is 2. The van der Waals surface area contributed by atoms with Crippen LogP contribution >= 0.6 is 11.3 Å². The molecule has 1 aromatic carbocycles. The van der Waals surface area contributed by atoms with Crippen LogP contribution in [0.25, 0.3) is 10.1 Å². The average molecular weight is 364 g/mol. The van der Waals surface area contributed by atoms with E-state index in [4.69, 9.17) is 10.5 Å². The average Bonchev–Trinajstić information content (AvgIpc) is 3.00. The molecule has 0 saturated heterocycles. The molecule has 1 aliphatic rings. The van der Waals surface area contributed by atoms with Crippen molar-refractivity contribution in [1.29, 1.82) is 0 Å². The maximum absolute atomic E-state index is 14.3. The smallest absolute Gasteiger partial charge is 0.262 e. The zero-order valence-electron chi connectivity index (χ0n) is 14.5. The lowest BCUT2D eigenvalue weighted by Gasteiger charge is -2.30. The number of amides is 1. The third-order valence-electron chi connectivity index (χ3n) is 5.05. The first kappa shape index (κ1) is 18.3. The van der Waals surface area contributed by atoms with Gasteiger partial charge in [0, 0.05) is 35.3 Å². The Bertz CT molecular complexity index is 740. The van der Waals surface area contributed by atoms with E-state index in [0.29, 0.717) is 28.3 Å². The Hall–Kier alpha value is -1.50. The molecule has 1 aromatic heterocycles. The summed E-state index contributed by atoms with van der Waals surface area (Å²) in [7, 11) is 1.55. The van der Waals surface area contributed by atoms with Gasteiger partial charge in [0.15, 0.2) is 0 Å². The Balaban J connectivity index is 1.88. The molecule has 1 amide bonds. The van der Waals surface area contributed by atoms with E-state index >= 15 is 0 Å². The Kier molecular flexibility index (Phi) is 6.04. The van der Waals surface area contributed by atoms with E-state index in [0.717, 1.165) is 17.5 Å². The molecule has 3 rings (SSSR count). The van der Waals surface area contributed by atoms with Gasteiger partial charge in [-0.3, -0.25) is 4.79 Å². The molecule has 1 heterocycles. The molecule has 6 heteroatoms. The van der Waals surface area contributed by atoms with E-state index in [2.05, 4.69) is 5.32 Å². The van der Waals surface area contributed by atoms with Gasteiger partial charge in [0.2, 0.25) is 0 Å². The number of nitrogens with two attached hydrogens (primary N) is 1. The summed E-state index contributed by atoms with van der Waals surface area (Å²) < 4.78 is 20.3. The third kappa shape index (κ3) is 3.86. The number of ether oxygens (including phenoxy) is 1. The van der Waals surface area contributed by atoms with E-state index in [9.17, 15) is 9.18 Å². The summed E-state index contributed by atoms with van der Waals surface area (Å²) in [5, 5.41) is 3.59. The molecule has 0 aliphatic heterocycles. The second-order valence-corrected chi connectivity index (χ2v) is 7.72. The van der Waals surface area contributed by atoms with E-state index in [1.165, 1.54) is 36.7 Å². The molecule has 4 nitrogen and oxygen atoms in total. The first-order valence-electron chi connectivity index (χ1n) is 8.85. The van der Waals surface area contributed by atoms with Gasteiger partial charge in [0.25, 0.3) is 5.91 Å². The fraction of sp³-hybridized carbons (Fsp3) is 0.526. The van der Waals surface area contributed by atoms with Crippen molar-refractivity contribution in [1.82, 2.24) is 5.32 Å². The maximum Gasteiger partial charge on any atom is 0.262 e. The van der Waals surface area contributed by atoms with Crippen LogP contribution < -0.4 is 11.1 Å². The number of rotatable bonds is 6. The molecule has 0 bridgehead atoms. The van der Waals surface area contributed by atoms with Gasteiger partial charge in [-0.25, -0.2) is 4.39 Å². The summed E-state index contributed by atoms with van der Waals surface area (Å²) in [5.74, 6) is -0.0594. The second kappa shape index (κ2) is 8.25. The molecule has 136 valence electrons. The Morgan fingerprint density at radius 3 is 2.84 bits per heavy atom. The molecule has 0 spiro atoms. The van der Waals surface area contributed by atoms with Crippen molar-refractivity contribution in [3.8, 4) is 0 Å². The van der Waals surface area contributed by atoms with Crippen molar-refractivity contribution < 1.29 is 13.9 Å². The van der Waals surface area contributed by atoms with Gasteiger partial charge in [0.05, 0.1) is 11.5 Å². The maximum atomic E-state index is 14.3. The van der Waals surface area contributed by atoms with Crippen LogP contribution in [0.2, 0.25) is 0 Å². The summed E-state index contributed by atoms with van der Waals surface area (Å²) in [4.78, 5) is 13.4. The Labute approximate surface area is 151 Å². The largest absolute Gasteiger partial charge is 0.380 e. The SMILES string of the molecule is COCc1c(C(=O)NC(CN)C2CCCCC2)sc2cccc(F)c12. The van der Waals surface area contributed by atoms with Crippen LogP contribution in [-0.2, 0) is 11.3 Å². The molecular weight excluding hydrogens is 339 g/mol. The fourth-order valence-electron chi connectivity index (χ4n) is 3.77. The standard InChI is InChI=1S/C19H25FN2O2S/c1-24-11-13-17-14(20)8-5-9-16(17)25-18(13)19(23)22-15(10-21)12-6-3-2-4-7-12/h5,8-9,12,15H,2-4,6-7,10-11,21H2,1H3,(H,22,23). The van der Waals surface area contributed by atoms with Crippen molar-refractivity contribution in [3.63, 3.8) is 0 Å². The fourth-order valence-corrected chi connectivity index (χ4v) is 4.90.